The van der Waals surface area contributed by atoms with Crippen LogP contribution in [0.25, 0.3) is 0 Å². The Morgan fingerprint density at radius 3 is 2.25 bits per heavy atom. The van der Waals surface area contributed by atoms with Crippen LogP contribution >= 0.6 is 23.2 Å². The van der Waals surface area contributed by atoms with Crippen molar-refractivity contribution in [3.63, 3.8) is 0 Å². The van der Waals surface area contributed by atoms with Crippen molar-refractivity contribution in [2.45, 2.75) is 11.6 Å². The second-order valence-corrected chi connectivity index (χ2v) is 4.11. The lowest BCUT2D eigenvalue weighted by Gasteiger charge is -2.12. The van der Waals surface area contributed by atoms with Gasteiger partial charge in [-0.25, -0.2) is 0 Å². The molecule has 1 unspecified atom stereocenters. The summed E-state index contributed by atoms with van der Waals surface area (Å²) in [4.78, 5) is 0. The third-order valence-electron chi connectivity index (χ3n) is 1.76. The Kier molecular flexibility index (Phi) is 4.89. The SMILES string of the molecule is FC(F)(F)COCC(Cl)c1ccc(Cl)cc1. The molecular formula is C10H9Cl2F3O. The van der Waals surface area contributed by atoms with Gasteiger partial charge in [-0.1, -0.05) is 23.7 Å². The summed E-state index contributed by atoms with van der Waals surface area (Å²) in [6.07, 6.45) is -4.32. The second-order valence-electron chi connectivity index (χ2n) is 3.15. The van der Waals surface area contributed by atoms with Gasteiger partial charge < -0.3 is 4.74 Å². The molecule has 0 saturated heterocycles. The maximum atomic E-state index is 11.8. The lowest BCUT2D eigenvalue weighted by atomic mass is 10.1. The third kappa shape index (κ3) is 5.05. The molecule has 0 amide bonds. The Hall–Kier alpha value is -0.450. The Morgan fingerprint density at radius 2 is 1.75 bits per heavy atom. The van der Waals surface area contributed by atoms with Gasteiger partial charge in [0.2, 0.25) is 0 Å². The number of hydrogen-bond acceptors (Lipinski definition) is 1. The molecule has 1 nitrogen and oxygen atoms in total. The summed E-state index contributed by atoms with van der Waals surface area (Å²) in [5.41, 5.74) is 0.674. The maximum absolute atomic E-state index is 11.8. The molecule has 0 N–H and O–H groups in total. The molecule has 0 aliphatic rings. The van der Waals surface area contributed by atoms with E-state index >= 15 is 0 Å². The van der Waals surface area contributed by atoms with Gasteiger partial charge in [0, 0.05) is 5.02 Å². The molecule has 0 fully saturated rings. The summed E-state index contributed by atoms with van der Waals surface area (Å²) < 4.78 is 39.8. The first-order chi connectivity index (χ1) is 7.38. The molecule has 0 bridgehead atoms. The fourth-order valence-electron chi connectivity index (χ4n) is 1.05. The van der Waals surface area contributed by atoms with Crippen LogP contribution in [0.3, 0.4) is 0 Å². The highest BCUT2D eigenvalue weighted by molar-refractivity contribution is 6.30. The number of hydrogen-bond donors (Lipinski definition) is 0. The fourth-order valence-corrected chi connectivity index (χ4v) is 1.41. The van der Waals surface area contributed by atoms with Crippen molar-refractivity contribution in [1.82, 2.24) is 0 Å². The zero-order valence-electron chi connectivity index (χ0n) is 8.10. The van der Waals surface area contributed by atoms with E-state index in [0.29, 0.717) is 10.6 Å². The van der Waals surface area contributed by atoms with Crippen molar-refractivity contribution in [1.29, 1.82) is 0 Å². The van der Waals surface area contributed by atoms with E-state index in [9.17, 15) is 13.2 Å². The Bertz CT molecular complexity index is 324. The van der Waals surface area contributed by atoms with E-state index in [1.807, 2.05) is 0 Å². The Morgan fingerprint density at radius 1 is 1.19 bits per heavy atom. The first kappa shape index (κ1) is 13.6. The van der Waals surface area contributed by atoms with Gasteiger partial charge in [0.15, 0.2) is 0 Å². The highest BCUT2D eigenvalue weighted by atomic mass is 35.5. The van der Waals surface area contributed by atoms with Crippen molar-refractivity contribution in [3.8, 4) is 0 Å². The maximum Gasteiger partial charge on any atom is 0.411 e. The van der Waals surface area contributed by atoms with E-state index in [2.05, 4.69) is 4.74 Å². The van der Waals surface area contributed by atoms with Crippen LogP contribution in [0, 0.1) is 0 Å². The predicted octanol–water partition coefficient (Wildman–Crippen LogP) is 4.20. The minimum Gasteiger partial charge on any atom is -0.370 e. The Balaban J connectivity index is 2.41. The molecule has 1 atom stereocenters. The average Bonchev–Trinajstić information content (AvgIpc) is 2.16. The third-order valence-corrected chi connectivity index (χ3v) is 2.39. The molecule has 0 saturated carbocycles. The molecule has 0 aliphatic heterocycles. The van der Waals surface area contributed by atoms with Crippen LogP contribution in [-0.2, 0) is 4.74 Å². The molecule has 16 heavy (non-hydrogen) atoms. The highest BCUT2D eigenvalue weighted by Gasteiger charge is 2.27. The number of rotatable bonds is 4. The van der Waals surface area contributed by atoms with Gasteiger partial charge >= 0.3 is 6.18 Å². The van der Waals surface area contributed by atoms with Crippen molar-refractivity contribution in [2.75, 3.05) is 13.2 Å². The quantitative estimate of drug-likeness (QED) is 0.747. The molecule has 0 radical (unpaired) electrons. The number of benzene rings is 1. The minimum atomic E-state index is -4.32. The van der Waals surface area contributed by atoms with E-state index in [-0.39, 0.29) is 6.61 Å². The number of alkyl halides is 4. The van der Waals surface area contributed by atoms with Crippen molar-refractivity contribution >= 4 is 23.2 Å². The molecule has 6 heteroatoms. The summed E-state index contributed by atoms with van der Waals surface area (Å²) in [7, 11) is 0. The van der Waals surface area contributed by atoms with E-state index in [1.165, 1.54) is 0 Å². The van der Waals surface area contributed by atoms with Gasteiger partial charge in [0.1, 0.15) is 6.61 Å². The van der Waals surface area contributed by atoms with Gasteiger partial charge in [-0.3, -0.25) is 0 Å². The van der Waals surface area contributed by atoms with Gasteiger partial charge in [-0.15, -0.1) is 11.6 Å². The summed E-state index contributed by atoms with van der Waals surface area (Å²) in [5.74, 6) is 0. The topological polar surface area (TPSA) is 9.23 Å². The van der Waals surface area contributed by atoms with Crippen molar-refractivity contribution < 1.29 is 17.9 Å². The van der Waals surface area contributed by atoms with Gasteiger partial charge in [0.05, 0.1) is 12.0 Å². The summed E-state index contributed by atoms with van der Waals surface area (Å²) in [6.45, 7) is -1.48. The predicted molar refractivity (Wildman–Crippen MR) is 56.9 cm³/mol. The normalized spacial score (nSPS) is 13.8. The minimum absolute atomic E-state index is 0.192. The summed E-state index contributed by atoms with van der Waals surface area (Å²) in [6, 6.07) is 6.54. The molecule has 0 spiro atoms. The van der Waals surface area contributed by atoms with Gasteiger partial charge in [-0.2, -0.15) is 13.2 Å². The molecule has 90 valence electrons. The zero-order chi connectivity index (χ0) is 12.2. The Labute approximate surface area is 101 Å². The van der Waals surface area contributed by atoms with E-state index in [1.54, 1.807) is 24.3 Å². The lowest BCUT2D eigenvalue weighted by molar-refractivity contribution is -0.173. The largest absolute Gasteiger partial charge is 0.411 e. The first-order valence-corrected chi connectivity index (χ1v) is 5.24. The van der Waals surface area contributed by atoms with Crippen LogP contribution in [-0.4, -0.2) is 19.4 Å². The van der Waals surface area contributed by atoms with Gasteiger partial charge in [0.25, 0.3) is 0 Å². The van der Waals surface area contributed by atoms with Crippen LogP contribution in [0.5, 0.6) is 0 Å². The lowest BCUT2D eigenvalue weighted by Crippen LogP contribution is -2.18. The molecule has 0 aromatic heterocycles. The van der Waals surface area contributed by atoms with Gasteiger partial charge in [-0.05, 0) is 17.7 Å². The van der Waals surface area contributed by atoms with E-state index in [4.69, 9.17) is 23.2 Å². The van der Waals surface area contributed by atoms with E-state index in [0.717, 1.165) is 0 Å². The van der Waals surface area contributed by atoms with Crippen LogP contribution < -0.4 is 0 Å². The van der Waals surface area contributed by atoms with Crippen molar-refractivity contribution in [2.24, 2.45) is 0 Å². The smallest absolute Gasteiger partial charge is 0.370 e. The summed E-state index contributed by atoms with van der Waals surface area (Å²) >= 11 is 11.5. The monoisotopic (exact) mass is 272 g/mol. The van der Waals surface area contributed by atoms with Crippen LogP contribution in [0.2, 0.25) is 5.02 Å². The molecular weight excluding hydrogens is 264 g/mol. The molecule has 0 heterocycles. The molecule has 1 aromatic carbocycles. The fraction of sp³-hybridized carbons (Fsp3) is 0.400. The molecule has 1 rings (SSSR count). The highest BCUT2D eigenvalue weighted by Crippen LogP contribution is 2.23. The molecule has 1 aromatic rings. The zero-order valence-corrected chi connectivity index (χ0v) is 9.61. The van der Waals surface area contributed by atoms with E-state index < -0.39 is 18.2 Å². The standard InChI is InChI=1S/C10H9Cl2F3O/c11-8-3-1-7(2-4-8)9(12)5-16-6-10(13,14)15/h1-4,9H,5-6H2. The molecule has 0 aliphatic carbocycles. The van der Waals surface area contributed by atoms with Crippen LogP contribution in [0.1, 0.15) is 10.9 Å². The number of halogens is 5. The second kappa shape index (κ2) is 5.75. The van der Waals surface area contributed by atoms with Crippen LogP contribution in [0.4, 0.5) is 13.2 Å². The number of ether oxygens (including phenoxy) is 1. The average molecular weight is 273 g/mol. The first-order valence-electron chi connectivity index (χ1n) is 4.42. The van der Waals surface area contributed by atoms with Crippen molar-refractivity contribution in [3.05, 3.63) is 34.9 Å². The summed E-state index contributed by atoms with van der Waals surface area (Å²) in [5, 5.41) is -0.0663. The van der Waals surface area contributed by atoms with Crippen LogP contribution in [0.15, 0.2) is 24.3 Å².